The number of pyridine rings is 1. The standard InChI is InChI=1S/C29H32F2N2O3.H2O.W/c1-5-19(3)28(33-26(6-2)21-9-14-25(15-10-21)36-29(30)31)23-11-16-27(32-17-23)22-7-12-24(13-8-22)35-18-20(4)34;;/h6-17,20,29,33-34H,5,18H2,1-4H3;1H2;/b26-6-,28-19+;;. The van der Waals surface area contributed by atoms with Crippen molar-refractivity contribution in [3.8, 4) is 22.8 Å². The fraction of sp³-hybridized carbons (Fsp3) is 0.276. The maximum atomic E-state index is 12.5. The van der Waals surface area contributed by atoms with Gasteiger partial charge in [0.05, 0.1) is 11.8 Å². The molecule has 1 heterocycles. The van der Waals surface area contributed by atoms with Crippen LogP contribution in [0.5, 0.6) is 11.5 Å². The van der Waals surface area contributed by atoms with Gasteiger partial charge in [-0.15, -0.1) is 0 Å². The minimum Gasteiger partial charge on any atom is -0.491 e. The van der Waals surface area contributed by atoms with Crippen LogP contribution in [0.2, 0.25) is 0 Å². The minimum absolute atomic E-state index is 0. The number of hydrogen-bond donors (Lipinski definition) is 2. The van der Waals surface area contributed by atoms with E-state index in [4.69, 9.17) is 4.74 Å². The summed E-state index contributed by atoms with van der Waals surface area (Å²) in [6.45, 7) is 5.14. The average molecular weight is 696 g/mol. The molecule has 9 heteroatoms. The van der Waals surface area contributed by atoms with Crippen molar-refractivity contribution in [2.24, 2.45) is 0 Å². The van der Waals surface area contributed by atoms with Crippen molar-refractivity contribution in [1.29, 1.82) is 0 Å². The number of aliphatic hydroxyl groups is 1. The van der Waals surface area contributed by atoms with Crippen molar-refractivity contribution in [2.45, 2.75) is 46.8 Å². The third-order valence-electron chi connectivity index (χ3n) is 5.59. The van der Waals surface area contributed by atoms with Gasteiger partial charge in [0.2, 0.25) is 0 Å². The number of aliphatic hydroxyl groups excluding tert-OH is 1. The zero-order valence-corrected chi connectivity index (χ0v) is 24.8. The molecule has 2 aromatic carbocycles. The van der Waals surface area contributed by atoms with Gasteiger partial charge in [0.15, 0.2) is 0 Å². The molecule has 3 rings (SSSR count). The SMILES string of the molecule is C/C=C(\N/C(=C(\C)CC)c1ccc(-c2ccc(OCC(C)O)cc2)nc1)c1ccc(OC(F)F)cc1.O.[W]. The molecule has 0 aliphatic rings. The Bertz CT molecular complexity index is 1180. The van der Waals surface area contributed by atoms with Gasteiger partial charge in [-0.1, -0.05) is 13.0 Å². The largest absolute Gasteiger partial charge is 0.491 e. The molecule has 38 heavy (non-hydrogen) atoms. The number of ether oxygens (including phenoxy) is 2. The molecule has 4 N–H and O–H groups in total. The molecule has 0 aliphatic carbocycles. The van der Waals surface area contributed by atoms with Crippen molar-refractivity contribution in [3.63, 3.8) is 0 Å². The van der Waals surface area contributed by atoms with E-state index in [0.29, 0.717) is 5.75 Å². The number of halogens is 2. The van der Waals surface area contributed by atoms with Crippen LogP contribution >= 0.6 is 0 Å². The summed E-state index contributed by atoms with van der Waals surface area (Å²) in [6, 6.07) is 18.1. The van der Waals surface area contributed by atoms with Gasteiger partial charge in [-0.2, -0.15) is 8.78 Å². The number of alkyl halides is 2. The summed E-state index contributed by atoms with van der Waals surface area (Å²) in [6.07, 6.45) is 4.09. The summed E-state index contributed by atoms with van der Waals surface area (Å²) in [5, 5.41) is 12.9. The van der Waals surface area contributed by atoms with Gasteiger partial charge >= 0.3 is 6.61 Å². The Morgan fingerprint density at radius 2 is 1.61 bits per heavy atom. The van der Waals surface area contributed by atoms with Gasteiger partial charge in [-0.05, 0) is 99.0 Å². The molecule has 0 bridgehead atoms. The molecule has 0 fully saturated rings. The van der Waals surface area contributed by atoms with Gasteiger partial charge in [0, 0.05) is 49.8 Å². The second-order valence-electron chi connectivity index (χ2n) is 8.36. The van der Waals surface area contributed by atoms with Crippen LogP contribution < -0.4 is 14.8 Å². The van der Waals surface area contributed by atoms with Gasteiger partial charge in [0.1, 0.15) is 18.1 Å². The van der Waals surface area contributed by atoms with E-state index < -0.39 is 12.7 Å². The Morgan fingerprint density at radius 3 is 2.11 bits per heavy atom. The monoisotopic (exact) mass is 696 g/mol. The average Bonchev–Trinajstić information content (AvgIpc) is 2.88. The molecule has 204 valence electrons. The Kier molecular flexibility index (Phi) is 13.9. The first-order valence-electron chi connectivity index (χ1n) is 11.9. The van der Waals surface area contributed by atoms with E-state index in [9.17, 15) is 13.9 Å². The maximum absolute atomic E-state index is 12.5. The van der Waals surface area contributed by atoms with Gasteiger partial charge in [-0.3, -0.25) is 4.98 Å². The van der Waals surface area contributed by atoms with Crippen LogP contribution in [-0.2, 0) is 21.1 Å². The predicted octanol–water partition coefficient (Wildman–Crippen LogP) is 6.07. The molecule has 0 spiro atoms. The fourth-order valence-electron chi connectivity index (χ4n) is 3.51. The molecule has 0 amide bonds. The van der Waals surface area contributed by atoms with E-state index in [1.54, 1.807) is 19.1 Å². The van der Waals surface area contributed by atoms with Crippen LogP contribution in [0.3, 0.4) is 0 Å². The van der Waals surface area contributed by atoms with Crippen molar-refractivity contribution >= 4 is 11.4 Å². The quantitative estimate of drug-likeness (QED) is 0.254. The van der Waals surface area contributed by atoms with Crippen LogP contribution in [0.1, 0.15) is 45.2 Å². The van der Waals surface area contributed by atoms with E-state index in [-0.39, 0.29) is 38.9 Å². The minimum atomic E-state index is -2.85. The molecule has 0 saturated heterocycles. The topological polar surface area (TPSA) is 95.1 Å². The summed E-state index contributed by atoms with van der Waals surface area (Å²) in [4.78, 5) is 4.67. The number of rotatable bonds is 11. The number of nitrogens with one attached hydrogen (secondary N) is 1. The van der Waals surface area contributed by atoms with Crippen LogP contribution in [-0.4, -0.2) is 34.9 Å². The molecule has 0 aliphatic heterocycles. The van der Waals surface area contributed by atoms with Gasteiger partial charge in [0.25, 0.3) is 0 Å². The Hall–Kier alpha value is -3.06. The van der Waals surface area contributed by atoms with Crippen molar-refractivity contribution in [3.05, 3.63) is 89.6 Å². The van der Waals surface area contributed by atoms with Gasteiger partial charge < -0.3 is 25.4 Å². The second-order valence-corrected chi connectivity index (χ2v) is 8.36. The van der Waals surface area contributed by atoms with E-state index >= 15 is 0 Å². The summed E-state index contributed by atoms with van der Waals surface area (Å²) in [5.74, 6) is 0.809. The number of aromatic nitrogens is 1. The number of benzene rings is 2. The third kappa shape index (κ3) is 9.35. The molecule has 1 aromatic heterocycles. The molecule has 1 unspecified atom stereocenters. The first-order chi connectivity index (χ1) is 17.3. The molecular weight excluding hydrogens is 662 g/mol. The van der Waals surface area contributed by atoms with Crippen molar-refractivity contribution in [2.75, 3.05) is 6.61 Å². The normalized spacial score (nSPS) is 12.6. The first kappa shape index (κ1) is 33.0. The van der Waals surface area contributed by atoms with Crippen molar-refractivity contribution < 1.29 is 49.9 Å². The van der Waals surface area contributed by atoms with Crippen molar-refractivity contribution in [1.82, 2.24) is 10.3 Å². The van der Waals surface area contributed by atoms with E-state index in [1.165, 1.54) is 12.1 Å². The summed E-state index contributed by atoms with van der Waals surface area (Å²) in [7, 11) is 0. The predicted molar refractivity (Wildman–Crippen MR) is 143 cm³/mol. The molecule has 0 radical (unpaired) electrons. The van der Waals surface area contributed by atoms with Crippen LogP contribution in [0.4, 0.5) is 8.78 Å². The summed E-state index contributed by atoms with van der Waals surface area (Å²) < 4.78 is 34.9. The smallest absolute Gasteiger partial charge is 0.387 e. The molecular formula is C29H34F2N2O4W. The Balaban J connectivity index is 0.00000361. The second kappa shape index (κ2) is 16.0. The van der Waals surface area contributed by atoms with E-state index in [2.05, 4.69) is 28.9 Å². The van der Waals surface area contributed by atoms with Gasteiger partial charge in [-0.25, -0.2) is 0 Å². The van der Waals surface area contributed by atoms with Crippen LogP contribution in [0.25, 0.3) is 22.7 Å². The summed E-state index contributed by atoms with van der Waals surface area (Å²) >= 11 is 0. The van der Waals surface area contributed by atoms with Crippen LogP contribution in [0, 0.1) is 0 Å². The van der Waals surface area contributed by atoms with E-state index in [0.717, 1.165) is 45.8 Å². The zero-order chi connectivity index (χ0) is 26.1. The number of hydrogen-bond acceptors (Lipinski definition) is 5. The van der Waals surface area contributed by atoms with E-state index in [1.807, 2.05) is 55.6 Å². The summed E-state index contributed by atoms with van der Waals surface area (Å²) in [5.41, 5.74) is 6.51. The zero-order valence-electron chi connectivity index (χ0n) is 21.9. The molecule has 0 saturated carbocycles. The Morgan fingerprint density at radius 1 is 1.00 bits per heavy atom. The Labute approximate surface area is 237 Å². The fourth-order valence-corrected chi connectivity index (χ4v) is 3.51. The van der Waals surface area contributed by atoms with Crippen LogP contribution in [0.15, 0.2) is 78.5 Å². The number of nitrogens with zero attached hydrogens (tertiary/aromatic N) is 1. The third-order valence-corrected chi connectivity index (χ3v) is 5.59. The number of allylic oxidation sites excluding steroid dienone is 2. The molecule has 3 aromatic rings. The molecule has 6 nitrogen and oxygen atoms in total. The first-order valence-corrected chi connectivity index (χ1v) is 11.9. The maximum Gasteiger partial charge on any atom is 0.387 e. The molecule has 1 atom stereocenters.